The third-order valence-corrected chi connectivity index (χ3v) is 5.02. The Morgan fingerprint density at radius 1 is 1.06 bits per heavy atom. The summed E-state index contributed by atoms with van der Waals surface area (Å²) in [5.41, 5.74) is 0. The van der Waals surface area contributed by atoms with Crippen LogP contribution in [0.25, 0.3) is 0 Å². The van der Waals surface area contributed by atoms with Crippen LogP contribution in [-0.4, -0.2) is 26.5 Å². The number of carbonyl (C=O) groups is 2. The Morgan fingerprint density at radius 2 is 1.56 bits per heavy atom. The number of Topliss-reactive ketones (excluding diaryl/α,β-unsaturated/α-hetero) is 2. The molecule has 0 unspecified atom stereocenters. The quantitative estimate of drug-likeness (QED) is 0.589. The predicted molar refractivity (Wildman–Crippen MR) is 66.2 cm³/mol. The molecule has 0 amide bonds. The Balaban J connectivity index is 2.79. The maximum absolute atomic E-state index is 11.7. The van der Waals surface area contributed by atoms with Gasteiger partial charge >= 0.3 is 102 Å². The van der Waals surface area contributed by atoms with Crippen LogP contribution >= 0.6 is 0 Å². The molecule has 0 aliphatic heterocycles. The number of carbonyl (C=O) groups excluding carboxylic acids is 2. The Morgan fingerprint density at radius 3 is 2.00 bits per heavy atom. The van der Waals surface area contributed by atoms with Gasteiger partial charge < -0.3 is 0 Å². The zero-order valence-corrected chi connectivity index (χ0v) is 11.3. The Labute approximate surface area is 103 Å². The molecule has 1 aromatic carbocycles. The van der Waals surface area contributed by atoms with E-state index < -0.39 is 0 Å². The summed E-state index contributed by atoms with van der Waals surface area (Å²) in [7, 11) is 0. The van der Waals surface area contributed by atoms with Gasteiger partial charge in [0.25, 0.3) is 0 Å². The van der Waals surface area contributed by atoms with Crippen LogP contribution in [0.3, 0.4) is 0 Å². The molecule has 2 nitrogen and oxygen atoms in total. The number of hydrogen-bond acceptors (Lipinski definition) is 2. The van der Waals surface area contributed by atoms with E-state index in [-0.39, 0.29) is 31.3 Å². The molecule has 0 aliphatic rings. The number of hydrogen-bond donors (Lipinski definition) is 0. The molecule has 0 fully saturated rings. The average Bonchev–Trinajstić information content (AvgIpc) is 2.35. The molecular formula is C13H16O2Se. The van der Waals surface area contributed by atoms with E-state index in [0.717, 1.165) is 4.46 Å². The number of rotatable bonds is 6. The van der Waals surface area contributed by atoms with Crippen LogP contribution in [0.2, 0.25) is 4.82 Å². The van der Waals surface area contributed by atoms with Gasteiger partial charge in [-0.25, -0.2) is 0 Å². The first-order valence-electron chi connectivity index (χ1n) is 5.46. The fourth-order valence-electron chi connectivity index (χ4n) is 1.32. The fraction of sp³-hybridized carbons (Fsp3) is 0.385. The molecule has 0 aromatic heterocycles. The van der Waals surface area contributed by atoms with E-state index in [1.165, 1.54) is 0 Å². The van der Waals surface area contributed by atoms with E-state index in [4.69, 9.17) is 0 Å². The van der Waals surface area contributed by atoms with Gasteiger partial charge in [0.2, 0.25) is 0 Å². The minimum atomic E-state index is -0.384. The van der Waals surface area contributed by atoms with Crippen molar-refractivity contribution in [3.63, 3.8) is 0 Å². The summed E-state index contributed by atoms with van der Waals surface area (Å²) in [6.45, 7) is 3.64. The molecule has 3 heteroatoms. The van der Waals surface area contributed by atoms with Crippen molar-refractivity contribution in [2.24, 2.45) is 0 Å². The SMILES string of the molecule is CCC(=O)C([Se]c1ccccc1)C(=O)CC. The third-order valence-electron chi connectivity index (χ3n) is 2.28. The molecule has 0 aliphatic carbocycles. The fourth-order valence-corrected chi connectivity index (χ4v) is 3.80. The second-order valence-electron chi connectivity index (χ2n) is 3.45. The first kappa shape index (κ1) is 13.1. The number of benzene rings is 1. The molecular weight excluding hydrogens is 267 g/mol. The Hall–Kier alpha value is -0.921. The number of ketones is 2. The van der Waals surface area contributed by atoms with Crippen LogP contribution in [0.1, 0.15) is 26.7 Å². The van der Waals surface area contributed by atoms with Crippen LogP contribution in [0.4, 0.5) is 0 Å². The van der Waals surface area contributed by atoms with Crippen LogP contribution < -0.4 is 4.46 Å². The zero-order valence-electron chi connectivity index (χ0n) is 9.60. The van der Waals surface area contributed by atoms with Crippen LogP contribution in [0.5, 0.6) is 0 Å². The second-order valence-corrected chi connectivity index (χ2v) is 5.92. The molecule has 1 rings (SSSR count). The topological polar surface area (TPSA) is 34.1 Å². The van der Waals surface area contributed by atoms with Gasteiger partial charge in [-0.3, -0.25) is 0 Å². The molecule has 0 radical (unpaired) electrons. The van der Waals surface area contributed by atoms with Crippen molar-refractivity contribution in [3.05, 3.63) is 30.3 Å². The van der Waals surface area contributed by atoms with Gasteiger partial charge in [-0.05, 0) is 0 Å². The summed E-state index contributed by atoms with van der Waals surface area (Å²) in [5, 5.41) is 0. The Bertz CT molecular complexity index is 343. The van der Waals surface area contributed by atoms with Crippen molar-refractivity contribution in [2.75, 3.05) is 0 Å². The molecule has 86 valence electrons. The van der Waals surface area contributed by atoms with Gasteiger partial charge in [0.05, 0.1) is 0 Å². The monoisotopic (exact) mass is 284 g/mol. The summed E-state index contributed by atoms with van der Waals surface area (Å²) in [6, 6.07) is 9.80. The van der Waals surface area contributed by atoms with Crippen LogP contribution in [0, 0.1) is 0 Å². The van der Waals surface area contributed by atoms with Crippen molar-refractivity contribution < 1.29 is 9.59 Å². The summed E-state index contributed by atoms with van der Waals surface area (Å²) in [5.74, 6) is 0.159. The molecule has 0 atom stereocenters. The van der Waals surface area contributed by atoms with Crippen molar-refractivity contribution in [2.45, 2.75) is 31.5 Å². The first-order valence-corrected chi connectivity index (χ1v) is 7.30. The summed E-state index contributed by atoms with van der Waals surface area (Å²) < 4.78 is 1.11. The second kappa shape index (κ2) is 6.62. The normalized spacial score (nSPS) is 10.4. The van der Waals surface area contributed by atoms with E-state index >= 15 is 0 Å². The van der Waals surface area contributed by atoms with Crippen molar-refractivity contribution >= 4 is 31.0 Å². The van der Waals surface area contributed by atoms with E-state index in [9.17, 15) is 9.59 Å². The molecule has 0 N–H and O–H groups in total. The average molecular weight is 283 g/mol. The molecule has 0 saturated carbocycles. The molecule has 16 heavy (non-hydrogen) atoms. The van der Waals surface area contributed by atoms with Crippen LogP contribution in [0.15, 0.2) is 30.3 Å². The van der Waals surface area contributed by atoms with Gasteiger partial charge in [0, 0.05) is 0 Å². The first-order chi connectivity index (χ1) is 7.69. The third kappa shape index (κ3) is 3.58. The maximum atomic E-state index is 11.7. The van der Waals surface area contributed by atoms with Gasteiger partial charge in [-0.15, -0.1) is 0 Å². The summed E-state index contributed by atoms with van der Waals surface area (Å²) >= 11 is -0.0680. The molecule has 0 bridgehead atoms. The van der Waals surface area contributed by atoms with Crippen molar-refractivity contribution in [3.8, 4) is 0 Å². The van der Waals surface area contributed by atoms with Gasteiger partial charge in [0.1, 0.15) is 0 Å². The van der Waals surface area contributed by atoms with E-state index in [2.05, 4.69) is 0 Å². The van der Waals surface area contributed by atoms with Crippen LogP contribution in [-0.2, 0) is 9.59 Å². The van der Waals surface area contributed by atoms with Gasteiger partial charge in [-0.1, -0.05) is 0 Å². The summed E-state index contributed by atoms with van der Waals surface area (Å²) in [6.07, 6.45) is 0.899. The predicted octanol–water partition coefficient (Wildman–Crippen LogP) is 1.76. The van der Waals surface area contributed by atoms with Crippen molar-refractivity contribution in [1.82, 2.24) is 0 Å². The van der Waals surface area contributed by atoms with E-state index in [0.29, 0.717) is 12.8 Å². The molecule has 0 heterocycles. The van der Waals surface area contributed by atoms with Gasteiger partial charge in [-0.2, -0.15) is 0 Å². The minimum absolute atomic E-state index is 0.0680. The zero-order chi connectivity index (χ0) is 12.0. The van der Waals surface area contributed by atoms with Gasteiger partial charge in [0.15, 0.2) is 0 Å². The molecule has 0 saturated heterocycles. The van der Waals surface area contributed by atoms with E-state index in [1.807, 2.05) is 44.2 Å². The summed E-state index contributed by atoms with van der Waals surface area (Å²) in [4.78, 5) is 23.0. The van der Waals surface area contributed by atoms with Crippen molar-refractivity contribution in [1.29, 1.82) is 0 Å². The standard InChI is InChI=1S/C13H16O2Se/c1-3-11(14)13(12(15)4-2)16-10-8-6-5-7-9-10/h5-9,13H,3-4H2,1-2H3. The van der Waals surface area contributed by atoms with E-state index in [1.54, 1.807) is 0 Å². The molecule has 1 aromatic rings. The molecule has 0 spiro atoms. The Kier molecular flexibility index (Phi) is 5.44.